The molecule has 1 N–H and O–H groups in total. The monoisotopic (exact) mass is 417 g/mol. The van der Waals surface area contributed by atoms with Gasteiger partial charge in [0, 0.05) is 5.69 Å². The molecule has 0 aliphatic rings. The van der Waals surface area contributed by atoms with E-state index < -0.39 is 0 Å². The summed E-state index contributed by atoms with van der Waals surface area (Å²) >= 11 is 0. The van der Waals surface area contributed by atoms with Gasteiger partial charge in [-0.25, -0.2) is 4.79 Å². The average molecular weight is 418 g/mol. The summed E-state index contributed by atoms with van der Waals surface area (Å²) in [5, 5.41) is 2.54. The molecule has 0 saturated carbocycles. The Morgan fingerprint density at radius 3 is 1.60 bits per heavy atom. The minimum atomic E-state index is -0.298. The molecule has 0 aliphatic carbocycles. The first-order chi connectivity index (χ1) is 14.8. The molecule has 0 radical (unpaired) electrons. The van der Waals surface area contributed by atoms with Crippen LogP contribution >= 0.6 is 0 Å². The number of rotatable bonds is 20. The molecule has 1 rings (SSSR count). The summed E-state index contributed by atoms with van der Waals surface area (Å²) in [5.74, 6) is -0.298. The lowest BCUT2D eigenvalue weighted by molar-refractivity contribution is -0.105. The Balaban J connectivity index is 1.84. The third kappa shape index (κ3) is 14.2. The lowest BCUT2D eigenvalue weighted by Crippen LogP contribution is -2.06. The molecule has 1 amide bonds. The zero-order valence-electron chi connectivity index (χ0n) is 19.1. The van der Waals surface area contributed by atoms with Gasteiger partial charge in [0.2, 0.25) is 6.41 Å². The van der Waals surface area contributed by atoms with Gasteiger partial charge in [-0.15, -0.1) is 0 Å². The van der Waals surface area contributed by atoms with Gasteiger partial charge in [0.15, 0.2) is 0 Å². The average Bonchev–Trinajstić information content (AvgIpc) is 2.76. The topological polar surface area (TPSA) is 55.4 Å². The van der Waals surface area contributed by atoms with Crippen molar-refractivity contribution in [3.8, 4) is 0 Å². The lowest BCUT2D eigenvalue weighted by atomic mass is 10.0. The van der Waals surface area contributed by atoms with Crippen LogP contribution in [-0.2, 0) is 9.53 Å². The molecule has 4 heteroatoms. The number of carbonyl (C=O) groups excluding carboxylic acids is 2. The van der Waals surface area contributed by atoms with Crippen LogP contribution in [0.1, 0.15) is 120 Å². The first-order valence-corrected chi connectivity index (χ1v) is 12.2. The highest BCUT2D eigenvalue weighted by atomic mass is 16.5. The Morgan fingerprint density at radius 2 is 1.17 bits per heavy atom. The number of amides is 1. The molecule has 0 atom stereocenters. The van der Waals surface area contributed by atoms with Gasteiger partial charge >= 0.3 is 5.97 Å². The van der Waals surface area contributed by atoms with E-state index in [1.54, 1.807) is 24.3 Å². The number of benzene rings is 1. The van der Waals surface area contributed by atoms with E-state index in [4.69, 9.17) is 4.74 Å². The highest BCUT2D eigenvalue weighted by Gasteiger charge is 2.06. The zero-order valence-corrected chi connectivity index (χ0v) is 19.1. The zero-order chi connectivity index (χ0) is 21.7. The number of ether oxygens (including phenoxy) is 1. The van der Waals surface area contributed by atoms with Crippen molar-refractivity contribution >= 4 is 18.1 Å². The Hall–Kier alpha value is -1.84. The van der Waals surface area contributed by atoms with E-state index in [-0.39, 0.29) is 5.97 Å². The molecule has 0 saturated heterocycles. The molecule has 0 bridgehead atoms. The molecule has 0 aliphatic heterocycles. The van der Waals surface area contributed by atoms with Gasteiger partial charge in [0.1, 0.15) is 0 Å². The second kappa shape index (κ2) is 19.1. The fraction of sp³-hybridized carbons (Fsp3) is 0.692. The number of unbranched alkanes of at least 4 members (excludes halogenated alkanes) is 15. The highest BCUT2D eigenvalue weighted by Crippen LogP contribution is 2.14. The summed E-state index contributed by atoms with van der Waals surface area (Å²) in [6.07, 6.45) is 21.9. The maximum absolute atomic E-state index is 12.0. The van der Waals surface area contributed by atoms with Crippen LogP contribution in [0.3, 0.4) is 0 Å². The summed E-state index contributed by atoms with van der Waals surface area (Å²) in [4.78, 5) is 22.3. The van der Waals surface area contributed by atoms with Crippen LogP contribution in [0.25, 0.3) is 0 Å². The van der Waals surface area contributed by atoms with E-state index in [1.807, 2.05) is 0 Å². The van der Waals surface area contributed by atoms with Crippen LogP contribution in [0, 0.1) is 0 Å². The van der Waals surface area contributed by atoms with Crippen LogP contribution < -0.4 is 5.32 Å². The number of carbonyl (C=O) groups is 2. The Labute approximate surface area is 184 Å². The molecule has 0 spiro atoms. The first kappa shape index (κ1) is 26.2. The van der Waals surface area contributed by atoms with Crippen molar-refractivity contribution in [3.05, 3.63) is 29.8 Å². The van der Waals surface area contributed by atoms with E-state index in [0.29, 0.717) is 24.3 Å². The molecule has 0 aromatic heterocycles. The third-order valence-electron chi connectivity index (χ3n) is 5.58. The van der Waals surface area contributed by atoms with E-state index in [0.717, 1.165) is 12.8 Å². The molecule has 0 heterocycles. The van der Waals surface area contributed by atoms with Crippen molar-refractivity contribution in [2.45, 2.75) is 110 Å². The number of anilines is 1. The van der Waals surface area contributed by atoms with Gasteiger partial charge in [-0.3, -0.25) is 4.79 Å². The Kier molecular flexibility index (Phi) is 16.7. The summed E-state index contributed by atoms with van der Waals surface area (Å²) < 4.78 is 5.32. The van der Waals surface area contributed by atoms with Crippen LogP contribution in [0.15, 0.2) is 24.3 Å². The second-order valence-electron chi connectivity index (χ2n) is 8.28. The summed E-state index contributed by atoms with van der Waals surface area (Å²) in [6, 6.07) is 6.73. The number of nitrogens with one attached hydrogen (secondary N) is 1. The fourth-order valence-corrected chi connectivity index (χ4v) is 3.67. The largest absolute Gasteiger partial charge is 0.462 e. The molecule has 30 heavy (non-hydrogen) atoms. The van der Waals surface area contributed by atoms with Gasteiger partial charge in [-0.05, 0) is 30.7 Å². The van der Waals surface area contributed by atoms with E-state index in [9.17, 15) is 9.59 Å². The van der Waals surface area contributed by atoms with Gasteiger partial charge in [0.25, 0.3) is 0 Å². The molecular weight excluding hydrogens is 374 g/mol. The minimum absolute atomic E-state index is 0.298. The normalized spacial score (nSPS) is 10.7. The van der Waals surface area contributed by atoms with Gasteiger partial charge < -0.3 is 10.1 Å². The summed E-state index contributed by atoms with van der Waals surface area (Å²) in [7, 11) is 0. The van der Waals surface area contributed by atoms with Gasteiger partial charge in [0.05, 0.1) is 12.2 Å². The van der Waals surface area contributed by atoms with Gasteiger partial charge in [-0.2, -0.15) is 0 Å². The van der Waals surface area contributed by atoms with E-state index in [1.165, 1.54) is 89.9 Å². The second-order valence-corrected chi connectivity index (χ2v) is 8.28. The van der Waals surface area contributed by atoms with Crippen molar-refractivity contribution in [2.24, 2.45) is 0 Å². The maximum atomic E-state index is 12.0. The quantitative estimate of drug-likeness (QED) is 0.134. The van der Waals surface area contributed by atoms with Gasteiger partial charge in [-0.1, -0.05) is 103 Å². The minimum Gasteiger partial charge on any atom is -0.462 e. The van der Waals surface area contributed by atoms with Crippen molar-refractivity contribution in [1.82, 2.24) is 0 Å². The summed E-state index contributed by atoms with van der Waals surface area (Å²) in [5.41, 5.74) is 1.18. The van der Waals surface area contributed by atoms with Crippen LogP contribution in [0.4, 0.5) is 5.69 Å². The molecule has 1 aromatic carbocycles. The first-order valence-electron chi connectivity index (χ1n) is 12.2. The highest BCUT2D eigenvalue weighted by molar-refractivity contribution is 5.90. The smallest absolute Gasteiger partial charge is 0.338 e. The Morgan fingerprint density at radius 1 is 0.733 bits per heavy atom. The molecule has 1 aromatic rings. The number of esters is 1. The van der Waals surface area contributed by atoms with Crippen molar-refractivity contribution in [3.63, 3.8) is 0 Å². The van der Waals surface area contributed by atoms with E-state index >= 15 is 0 Å². The molecule has 4 nitrogen and oxygen atoms in total. The predicted molar refractivity (Wildman–Crippen MR) is 126 cm³/mol. The van der Waals surface area contributed by atoms with Crippen LogP contribution in [0.5, 0.6) is 0 Å². The summed E-state index contributed by atoms with van der Waals surface area (Å²) in [6.45, 7) is 2.75. The van der Waals surface area contributed by atoms with Crippen LogP contribution in [-0.4, -0.2) is 19.0 Å². The lowest BCUT2D eigenvalue weighted by Gasteiger charge is -2.06. The number of hydrogen-bond donors (Lipinski definition) is 1. The molecule has 0 unspecified atom stereocenters. The molecule has 170 valence electrons. The SMILES string of the molecule is CCCCCCCCCCCCCCCCCCOC(=O)c1ccc(NC=O)cc1. The number of hydrogen-bond acceptors (Lipinski definition) is 3. The van der Waals surface area contributed by atoms with Crippen molar-refractivity contribution < 1.29 is 14.3 Å². The fourth-order valence-electron chi connectivity index (χ4n) is 3.67. The van der Waals surface area contributed by atoms with E-state index in [2.05, 4.69) is 12.2 Å². The van der Waals surface area contributed by atoms with Crippen molar-refractivity contribution in [2.75, 3.05) is 11.9 Å². The molecular formula is C26H43NO3. The maximum Gasteiger partial charge on any atom is 0.338 e. The Bertz CT molecular complexity index is 542. The standard InChI is InChI=1S/C26H43NO3/c1-2-3-4-5-6-7-8-9-10-11-12-13-14-15-16-17-22-30-26(29)24-18-20-25(21-19-24)27-23-28/h18-21,23H,2-17,22H2,1H3,(H,27,28). The van der Waals surface area contributed by atoms with Crippen LogP contribution in [0.2, 0.25) is 0 Å². The third-order valence-corrected chi connectivity index (χ3v) is 5.58. The van der Waals surface area contributed by atoms with Crippen molar-refractivity contribution in [1.29, 1.82) is 0 Å². The molecule has 0 fully saturated rings. The predicted octanol–water partition coefficient (Wildman–Crippen LogP) is 7.67.